The fourth-order valence-corrected chi connectivity index (χ4v) is 3.43. The Morgan fingerprint density at radius 3 is 2.70 bits per heavy atom. The molecule has 0 bridgehead atoms. The first-order chi connectivity index (χ1) is 9.58. The maximum Gasteiger partial charge on any atom is 0.280 e. The van der Waals surface area contributed by atoms with Gasteiger partial charge in [-0.15, -0.1) is 0 Å². The minimum absolute atomic E-state index is 0.201. The van der Waals surface area contributed by atoms with Gasteiger partial charge in [0.05, 0.1) is 15.9 Å². The SMILES string of the molecule is O=[N+]([O-])c1ccc(CNCC2CCSC2)c([N+](=O)[O-])c1. The Balaban J connectivity index is 2.02. The average Bonchev–Trinajstić information content (AvgIpc) is 2.91. The van der Waals surface area contributed by atoms with Gasteiger partial charge < -0.3 is 5.32 Å². The van der Waals surface area contributed by atoms with Crippen molar-refractivity contribution >= 4 is 23.1 Å². The monoisotopic (exact) mass is 297 g/mol. The summed E-state index contributed by atoms with van der Waals surface area (Å²) in [4.78, 5) is 20.4. The zero-order chi connectivity index (χ0) is 14.5. The predicted molar refractivity (Wildman–Crippen MR) is 76.9 cm³/mol. The van der Waals surface area contributed by atoms with Gasteiger partial charge in [0.15, 0.2) is 0 Å². The van der Waals surface area contributed by atoms with E-state index in [9.17, 15) is 20.2 Å². The highest BCUT2D eigenvalue weighted by atomic mass is 32.2. The molecule has 0 amide bonds. The van der Waals surface area contributed by atoms with Crippen LogP contribution in [0.2, 0.25) is 0 Å². The van der Waals surface area contributed by atoms with E-state index in [0.717, 1.165) is 18.4 Å². The van der Waals surface area contributed by atoms with Crippen LogP contribution in [0.5, 0.6) is 0 Å². The van der Waals surface area contributed by atoms with E-state index in [1.165, 1.54) is 24.3 Å². The van der Waals surface area contributed by atoms with Crippen molar-refractivity contribution in [3.8, 4) is 0 Å². The van der Waals surface area contributed by atoms with E-state index in [1.54, 1.807) is 0 Å². The molecular formula is C12H15N3O4S. The Labute approximate surface area is 120 Å². The highest BCUT2D eigenvalue weighted by Gasteiger charge is 2.20. The third-order valence-corrected chi connectivity index (χ3v) is 4.48. The minimum atomic E-state index is -0.625. The number of thioether (sulfide) groups is 1. The highest BCUT2D eigenvalue weighted by Crippen LogP contribution is 2.25. The molecule has 1 atom stereocenters. The summed E-state index contributed by atoms with van der Waals surface area (Å²) in [6, 6.07) is 3.77. The average molecular weight is 297 g/mol. The quantitative estimate of drug-likeness (QED) is 0.639. The molecule has 1 fully saturated rings. The van der Waals surface area contributed by atoms with Gasteiger partial charge in [-0.25, -0.2) is 0 Å². The Kier molecular flexibility index (Phi) is 4.91. The largest absolute Gasteiger partial charge is 0.312 e. The van der Waals surface area contributed by atoms with E-state index in [0.29, 0.717) is 18.0 Å². The molecule has 8 heteroatoms. The van der Waals surface area contributed by atoms with Crippen molar-refractivity contribution in [1.29, 1.82) is 0 Å². The van der Waals surface area contributed by atoms with Gasteiger partial charge in [-0.2, -0.15) is 11.8 Å². The number of hydrogen-bond donors (Lipinski definition) is 1. The number of non-ortho nitro benzene ring substituents is 1. The minimum Gasteiger partial charge on any atom is -0.312 e. The summed E-state index contributed by atoms with van der Waals surface area (Å²) >= 11 is 1.92. The second-order valence-corrected chi connectivity index (χ2v) is 5.84. The van der Waals surface area contributed by atoms with Crippen LogP contribution in [0.15, 0.2) is 18.2 Å². The lowest BCUT2D eigenvalue weighted by Crippen LogP contribution is -2.22. The fraction of sp³-hybridized carbons (Fsp3) is 0.500. The molecule has 2 rings (SSSR count). The summed E-state index contributed by atoms with van der Waals surface area (Å²) in [6.07, 6.45) is 1.17. The first kappa shape index (κ1) is 14.7. The third kappa shape index (κ3) is 3.67. The van der Waals surface area contributed by atoms with Gasteiger partial charge in [-0.3, -0.25) is 20.2 Å². The van der Waals surface area contributed by atoms with Gasteiger partial charge in [0.2, 0.25) is 0 Å². The normalized spacial score (nSPS) is 18.1. The van der Waals surface area contributed by atoms with Gasteiger partial charge >= 0.3 is 0 Å². The molecule has 1 unspecified atom stereocenters. The van der Waals surface area contributed by atoms with Gasteiger partial charge in [0, 0.05) is 18.2 Å². The van der Waals surface area contributed by atoms with Crippen LogP contribution in [0.25, 0.3) is 0 Å². The molecule has 1 aromatic rings. The molecule has 1 aromatic carbocycles. The van der Waals surface area contributed by atoms with E-state index >= 15 is 0 Å². The maximum absolute atomic E-state index is 11.0. The maximum atomic E-state index is 11.0. The molecule has 0 aliphatic carbocycles. The molecule has 1 N–H and O–H groups in total. The summed E-state index contributed by atoms with van der Waals surface area (Å²) in [5.74, 6) is 2.90. The number of nitro benzene ring substituents is 2. The second-order valence-electron chi connectivity index (χ2n) is 4.69. The topological polar surface area (TPSA) is 98.3 Å². The standard InChI is InChI=1S/C12H15N3O4S/c16-14(17)11-2-1-10(12(5-11)15(18)19)7-13-6-9-3-4-20-8-9/h1-2,5,9,13H,3-4,6-8H2. The van der Waals surface area contributed by atoms with Crippen LogP contribution < -0.4 is 5.32 Å². The zero-order valence-electron chi connectivity index (χ0n) is 10.8. The first-order valence-corrected chi connectivity index (χ1v) is 7.43. The van der Waals surface area contributed by atoms with Crippen molar-refractivity contribution in [2.24, 2.45) is 5.92 Å². The van der Waals surface area contributed by atoms with Gasteiger partial charge in [0.1, 0.15) is 0 Å². The molecule has 0 radical (unpaired) electrons. The zero-order valence-corrected chi connectivity index (χ0v) is 11.6. The van der Waals surface area contributed by atoms with Crippen LogP contribution in [0.4, 0.5) is 11.4 Å². The van der Waals surface area contributed by atoms with Crippen LogP contribution in [-0.4, -0.2) is 27.9 Å². The summed E-state index contributed by atoms with van der Waals surface area (Å²) in [6.45, 7) is 1.18. The molecule has 0 saturated carbocycles. The number of benzene rings is 1. The summed E-state index contributed by atoms with van der Waals surface area (Å²) in [5.41, 5.74) is 0.0198. The number of hydrogen-bond acceptors (Lipinski definition) is 6. The second kappa shape index (κ2) is 6.67. The lowest BCUT2D eigenvalue weighted by molar-refractivity contribution is -0.394. The van der Waals surface area contributed by atoms with Gasteiger partial charge in [0.25, 0.3) is 11.4 Å². The van der Waals surface area contributed by atoms with Gasteiger partial charge in [-0.1, -0.05) is 0 Å². The van der Waals surface area contributed by atoms with E-state index in [2.05, 4.69) is 5.32 Å². The third-order valence-electron chi connectivity index (χ3n) is 3.25. The number of nitrogens with zero attached hydrogens (tertiary/aromatic N) is 2. The number of rotatable bonds is 6. The Bertz CT molecular complexity index is 517. The first-order valence-electron chi connectivity index (χ1n) is 6.28. The van der Waals surface area contributed by atoms with Crippen molar-refractivity contribution in [3.63, 3.8) is 0 Å². The molecule has 1 aliphatic heterocycles. The molecule has 7 nitrogen and oxygen atoms in total. The van der Waals surface area contributed by atoms with Crippen molar-refractivity contribution in [1.82, 2.24) is 5.32 Å². The molecule has 1 saturated heterocycles. The van der Waals surface area contributed by atoms with Gasteiger partial charge in [-0.05, 0) is 36.5 Å². The van der Waals surface area contributed by atoms with Crippen LogP contribution in [-0.2, 0) is 6.54 Å². The molecule has 0 aromatic heterocycles. The Morgan fingerprint density at radius 2 is 2.10 bits per heavy atom. The summed E-state index contributed by atoms with van der Waals surface area (Å²) in [7, 11) is 0. The van der Waals surface area contributed by atoms with Crippen molar-refractivity contribution in [2.45, 2.75) is 13.0 Å². The Morgan fingerprint density at radius 1 is 1.30 bits per heavy atom. The van der Waals surface area contributed by atoms with Crippen LogP contribution in [0.3, 0.4) is 0 Å². The molecule has 1 heterocycles. The number of nitrogens with one attached hydrogen (secondary N) is 1. The lowest BCUT2D eigenvalue weighted by Gasteiger charge is -2.10. The summed E-state index contributed by atoms with van der Waals surface area (Å²) < 4.78 is 0. The van der Waals surface area contributed by atoms with E-state index in [4.69, 9.17) is 0 Å². The lowest BCUT2D eigenvalue weighted by atomic mass is 10.1. The predicted octanol–water partition coefficient (Wildman–Crippen LogP) is 2.35. The highest BCUT2D eigenvalue weighted by molar-refractivity contribution is 7.99. The molecule has 20 heavy (non-hydrogen) atoms. The molecular weight excluding hydrogens is 282 g/mol. The summed E-state index contributed by atoms with van der Waals surface area (Å²) in [5, 5.41) is 24.8. The fourth-order valence-electron chi connectivity index (χ4n) is 2.14. The Hall–Kier alpha value is -1.67. The van der Waals surface area contributed by atoms with Crippen molar-refractivity contribution in [2.75, 3.05) is 18.1 Å². The van der Waals surface area contributed by atoms with Crippen molar-refractivity contribution < 1.29 is 9.85 Å². The van der Waals surface area contributed by atoms with E-state index in [1.807, 2.05) is 11.8 Å². The molecule has 0 spiro atoms. The van der Waals surface area contributed by atoms with Crippen LogP contribution >= 0.6 is 11.8 Å². The number of nitro groups is 2. The molecule has 1 aliphatic rings. The van der Waals surface area contributed by atoms with Crippen LogP contribution in [0.1, 0.15) is 12.0 Å². The smallest absolute Gasteiger partial charge is 0.280 e. The van der Waals surface area contributed by atoms with E-state index < -0.39 is 9.85 Å². The van der Waals surface area contributed by atoms with E-state index in [-0.39, 0.29) is 11.4 Å². The molecule has 108 valence electrons. The van der Waals surface area contributed by atoms with Crippen LogP contribution in [0, 0.1) is 26.1 Å². The van der Waals surface area contributed by atoms with Crippen molar-refractivity contribution in [3.05, 3.63) is 44.0 Å².